The van der Waals surface area contributed by atoms with E-state index in [1.807, 2.05) is 0 Å². The second-order valence-electron chi connectivity index (χ2n) is 6.99. The van der Waals surface area contributed by atoms with Crippen LogP contribution in [0.1, 0.15) is 47.8 Å². The molecule has 12 heteroatoms. The fraction of sp³-hybridized carbons (Fsp3) is 0.200. The van der Waals surface area contributed by atoms with Gasteiger partial charge in [-0.05, 0) is 34.9 Å². The van der Waals surface area contributed by atoms with Gasteiger partial charge in [-0.1, -0.05) is 18.2 Å². The highest BCUT2D eigenvalue weighted by molar-refractivity contribution is 6.14. The molecule has 0 aliphatic carbocycles. The summed E-state index contributed by atoms with van der Waals surface area (Å²) in [7, 11) is 0. The van der Waals surface area contributed by atoms with Gasteiger partial charge in [-0.2, -0.15) is 26.3 Å². The van der Waals surface area contributed by atoms with Crippen LogP contribution in [0, 0.1) is 0 Å². The van der Waals surface area contributed by atoms with E-state index in [1.165, 1.54) is 0 Å². The number of halogens is 6. The summed E-state index contributed by atoms with van der Waals surface area (Å²) < 4.78 is 94.3. The fourth-order valence-corrected chi connectivity index (χ4v) is 3.82. The van der Waals surface area contributed by atoms with Crippen LogP contribution in [0.3, 0.4) is 0 Å². The first-order valence-corrected chi connectivity index (χ1v) is 8.70. The van der Waals surface area contributed by atoms with Crippen molar-refractivity contribution < 1.29 is 55.0 Å². The molecule has 0 bridgehead atoms. The van der Waals surface area contributed by atoms with E-state index in [4.69, 9.17) is 0 Å². The number of alkyl halides is 6. The van der Waals surface area contributed by atoms with Crippen LogP contribution in [-0.4, -0.2) is 36.2 Å². The standard InChI is InChI=1S/C20H8F6O6/c21-19(22,23)18(20(24,25)26,10-2-4-12-13(7-10)17(30)32-16(12)29)9-1-3-11-8(5-9)6-14(27)31-15(11)28/h1-5,7H,6H2. The highest BCUT2D eigenvalue weighted by Crippen LogP contribution is 2.56. The molecule has 0 fully saturated rings. The molecule has 6 nitrogen and oxygen atoms in total. The molecule has 2 aliphatic rings. The van der Waals surface area contributed by atoms with Crippen LogP contribution in [0.2, 0.25) is 0 Å². The summed E-state index contributed by atoms with van der Waals surface area (Å²) in [6.45, 7) is 0. The van der Waals surface area contributed by atoms with Crippen molar-refractivity contribution in [2.45, 2.75) is 24.2 Å². The maximum Gasteiger partial charge on any atom is 0.411 e. The Kier molecular flexibility index (Phi) is 4.47. The summed E-state index contributed by atoms with van der Waals surface area (Å²) in [4.78, 5) is 46.5. The quantitative estimate of drug-likeness (QED) is 0.388. The van der Waals surface area contributed by atoms with Gasteiger partial charge < -0.3 is 9.47 Å². The number of esters is 4. The minimum Gasteiger partial charge on any atom is -0.389 e. The average Bonchev–Trinajstić information content (AvgIpc) is 2.93. The molecule has 0 aromatic heterocycles. The van der Waals surface area contributed by atoms with Crippen LogP contribution in [-0.2, 0) is 26.1 Å². The largest absolute Gasteiger partial charge is 0.411 e. The van der Waals surface area contributed by atoms with E-state index in [0.717, 1.165) is 0 Å². The van der Waals surface area contributed by atoms with Crippen LogP contribution >= 0.6 is 0 Å². The van der Waals surface area contributed by atoms with Crippen LogP contribution in [0.5, 0.6) is 0 Å². The molecule has 0 saturated heterocycles. The van der Waals surface area contributed by atoms with Crippen molar-refractivity contribution in [3.8, 4) is 0 Å². The van der Waals surface area contributed by atoms with Gasteiger partial charge >= 0.3 is 36.2 Å². The van der Waals surface area contributed by atoms with Gasteiger partial charge in [-0.25, -0.2) is 14.4 Å². The number of carbonyl (C=O) groups excluding carboxylic acids is 4. The van der Waals surface area contributed by atoms with Crippen molar-refractivity contribution in [3.05, 3.63) is 69.8 Å². The summed E-state index contributed by atoms with van der Waals surface area (Å²) in [5.74, 6) is -4.93. The summed E-state index contributed by atoms with van der Waals surface area (Å²) in [6.07, 6.45) is -12.7. The Bertz CT molecular complexity index is 1200. The SMILES string of the molecule is O=C1Cc2cc(C(c3ccc4c(c3)C(=O)OC4=O)(C(F)(F)F)C(F)(F)F)ccc2C(=O)O1. The van der Waals surface area contributed by atoms with E-state index in [9.17, 15) is 45.5 Å². The molecule has 4 rings (SSSR count). The number of carbonyl (C=O) groups is 4. The lowest BCUT2D eigenvalue weighted by atomic mass is 9.71. The Morgan fingerprint density at radius 2 is 1.12 bits per heavy atom. The zero-order valence-corrected chi connectivity index (χ0v) is 15.4. The molecule has 0 spiro atoms. The normalized spacial score (nSPS) is 16.4. The summed E-state index contributed by atoms with van der Waals surface area (Å²) in [5, 5.41) is 0. The van der Waals surface area contributed by atoms with E-state index in [-0.39, 0.29) is 11.1 Å². The van der Waals surface area contributed by atoms with Gasteiger partial charge in [-0.15, -0.1) is 0 Å². The minimum absolute atomic E-state index is 0.308. The number of hydrogen-bond donors (Lipinski definition) is 0. The second-order valence-corrected chi connectivity index (χ2v) is 6.99. The number of rotatable bonds is 2. The smallest absolute Gasteiger partial charge is 0.389 e. The summed E-state index contributed by atoms with van der Waals surface area (Å²) in [6, 6.07) is 3.00. The molecule has 32 heavy (non-hydrogen) atoms. The number of hydrogen-bond acceptors (Lipinski definition) is 6. The predicted molar refractivity (Wildman–Crippen MR) is 89.6 cm³/mol. The molecule has 0 saturated carbocycles. The highest BCUT2D eigenvalue weighted by atomic mass is 19.4. The maximum absolute atomic E-state index is 14.3. The number of ether oxygens (including phenoxy) is 2. The lowest BCUT2D eigenvalue weighted by Crippen LogP contribution is -2.55. The maximum atomic E-state index is 14.3. The highest BCUT2D eigenvalue weighted by Gasteiger charge is 2.72. The van der Waals surface area contributed by atoms with Crippen molar-refractivity contribution in [2.75, 3.05) is 0 Å². The van der Waals surface area contributed by atoms with Crippen molar-refractivity contribution >= 4 is 23.9 Å². The van der Waals surface area contributed by atoms with Crippen molar-refractivity contribution in [1.29, 1.82) is 0 Å². The van der Waals surface area contributed by atoms with Crippen LogP contribution < -0.4 is 0 Å². The monoisotopic (exact) mass is 458 g/mol. The molecular formula is C20H8F6O6. The third-order valence-corrected chi connectivity index (χ3v) is 5.23. The number of cyclic esters (lactones) is 4. The molecule has 2 aromatic rings. The topological polar surface area (TPSA) is 86.7 Å². The molecule has 0 atom stereocenters. The Labute approximate surface area is 173 Å². The first-order valence-electron chi connectivity index (χ1n) is 8.70. The molecule has 2 aliphatic heterocycles. The Hall–Kier alpha value is -3.70. The van der Waals surface area contributed by atoms with Gasteiger partial charge in [0.05, 0.1) is 23.1 Å². The Morgan fingerprint density at radius 1 is 0.625 bits per heavy atom. The zero-order valence-electron chi connectivity index (χ0n) is 15.4. The van der Waals surface area contributed by atoms with E-state index in [2.05, 4.69) is 9.47 Å². The fourth-order valence-electron chi connectivity index (χ4n) is 3.82. The molecule has 0 N–H and O–H groups in total. The third-order valence-electron chi connectivity index (χ3n) is 5.23. The first kappa shape index (κ1) is 21.5. The molecule has 0 amide bonds. The third kappa shape index (κ3) is 2.89. The molecule has 0 unspecified atom stereocenters. The summed E-state index contributed by atoms with van der Waals surface area (Å²) in [5.41, 5.74) is -9.34. The van der Waals surface area contributed by atoms with Gasteiger partial charge in [-0.3, -0.25) is 4.79 Å². The first-order chi connectivity index (χ1) is 14.8. The Balaban J connectivity index is 2.04. The van der Waals surface area contributed by atoms with Crippen molar-refractivity contribution in [2.24, 2.45) is 0 Å². The van der Waals surface area contributed by atoms with Gasteiger partial charge in [0.1, 0.15) is 0 Å². The Morgan fingerprint density at radius 3 is 1.72 bits per heavy atom. The molecular weight excluding hydrogens is 450 g/mol. The van der Waals surface area contributed by atoms with E-state index in [0.29, 0.717) is 36.4 Å². The van der Waals surface area contributed by atoms with E-state index < -0.39 is 70.3 Å². The van der Waals surface area contributed by atoms with Gasteiger partial charge in [0, 0.05) is 0 Å². The number of fused-ring (bicyclic) bond motifs is 2. The van der Waals surface area contributed by atoms with Gasteiger partial charge in [0.2, 0.25) is 5.41 Å². The van der Waals surface area contributed by atoms with Crippen LogP contribution in [0.25, 0.3) is 0 Å². The number of benzene rings is 2. The lowest BCUT2D eigenvalue weighted by Gasteiger charge is -2.38. The second kappa shape index (κ2) is 6.65. The van der Waals surface area contributed by atoms with E-state index in [1.54, 1.807) is 0 Å². The zero-order chi connectivity index (χ0) is 23.6. The van der Waals surface area contributed by atoms with Gasteiger partial charge in [0.25, 0.3) is 0 Å². The van der Waals surface area contributed by atoms with E-state index >= 15 is 0 Å². The summed E-state index contributed by atoms with van der Waals surface area (Å²) >= 11 is 0. The molecule has 166 valence electrons. The molecule has 2 aromatic carbocycles. The molecule has 0 radical (unpaired) electrons. The minimum atomic E-state index is -5.99. The predicted octanol–water partition coefficient (Wildman–Crippen LogP) is 3.65. The van der Waals surface area contributed by atoms with Crippen molar-refractivity contribution in [1.82, 2.24) is 0 Å². The molecule has 2 heterocycles. The van der Waals surface area contributed by atoms with Crippen LogP contribution in [0.4, 0.5) is 26.3 Å². The average molecular weight is 458 g/mol. The lowest BCUT2D eigenvalue weighted by molar-refractivity contribution is -0.288. The van der Waals surface area contributed by atoms with Crippen molar-refractivity contribution in [3.63, 3.8) is 0 Å². The van der Waals surface area contributed by atoms with Crippen LogP contribution in [0.15, 0.2) is 36.4 Å². The van der Waals surface area contributed by atoms with Gasteiger partial charge in [0.15, 0.2) is 0 Å².